The highest BCUT2D eigenvalue weighted by Crippen LogP contribution is 2.23. The van der Waals surface area contributed by atoms with E-state index in [4.69, 9.17) is 0 Å². The van der Waals surface area contributed by atoms with Gasteiger partial charge in [0.1, 0.15) is 0 Å². The van der Waals surface area contributed by atoms with Gasteiger partial charge in [0, 0.05) is 24.9 Å². The molecule has 2 aromatic carbocycles. The SMILES string of the molecule is CC(CNC(=O)CCC(=O)c1ccc2c(c1)CCC2)c1ccccc1. The molecule has 0 fully saturated rings. The third-order valence-electron chi connectivity index (χ3n) is 4.97. The molecule has 0 saturated heterocycles. The van der Waals surface area contributed by atoms with Crippen molar-refractivity contribution in [3.8, 4) is 0 Å². The van der Waals surface area contributed by atoms with Crippen LogP contribution in [0.5, 0.6) is 0 Å². The molecular formula is C22H25NO2. The topological polar surface area (TPSA) is 46.2 Å². The Labute approximate surface area is 149 Å². The Morgan fingerprint density at radius 1 is 1.00 bits per heavy atom. The standard InChI is InChI=1S/C22H25NO2/c1-16(17-6-3-2-4-7-17)15-23-22(25)13-12-21(24)20-11-10-18-8-5-9-19(18)14-20/h2-4,6-7,10-11,14,16H,5,8-9,12-13,15H2,1H3,(H,23,25). The first kappa shape index (κ1) is 17.4. The van der Waals surface area contributed by atoms with Gasteiger partial charge in [-0.3, -0.25) is 9.59 Å². The maximum Gasteiger partial charge on any atom is 0.220 e. The third-order valence-corrected chi connectivity index (χ3v) is 4.97. The molecule has 3 rings (SSSR count). The number of amides is 1. The summed E-state index contributed by atoms with van der Waals surface area (Å²) in [4.78, 5) is 24.4. The van der Waals surface area contributed by atoms with E-state index in [1.165, 1.54) is 23.1 Å². The summed E-state index contributed by atoms with van der Waals surface area (Å²) in [6.07, 6.45) is 3.87. The Morgan fingerprint density at radius 3 is 2.56 bits per heavy atom. The van der Waals surface area contributed by atoms with Crippen LogP contribution in [0, 0.1) is 0 Å². The fourth-order valence-electron chi connectivity index (χ4n) is 3.37. The Bertz CT molecular complexity index is 752. The molecule has 130 valence electrons. The number of aryl methyl sites for hydroxylation is 2. The Hall–Kier alpha value is -2.42. The summed E-state index contributed by atoms with van der Waals surface area (Å²) in [7, 11) is 0. The summed E-state index contributed by atoms with van der Waals surface area (Å²) in [6.45, 7) is 2.68. The van der Waals surface area contributed by atoms with Crippen LogP contribution in [0.15, 0.2) is 48.5 Å². The minimum absolute atomic E-state index is 0.0564. The van der Waals surface area contributed by atoms with Crippen LogP contribution in [0.25, 0.3) is 0 Å². The summed E-state index contributed by atoms with van der Waals surface area (Å²) in [6, 6.07) is 16.1. The summed E-state index contributed by atoms with van der Waals surface area (Å²) < 4.78 is 0. The first-order chi connectivity index (χ1) is 12.1. The Balaban J connectivity index is 1.45. The second kappa shape index (κ2) is 8.11. The highest BCUT2D eigenvalue weighted by atomic mass is 16.2. The molecule has 0 bridgehead atoms. The molecule has 0 aromatic heterocycles. The van der Waals surface area contributed by atoms with Crippen molar-refractivity contribution in [1.29, 1.82) is 0 Å². The number of Topliss-reactive ketones (excluding diaryl/α,β-unsaturated/α-hetero) is 1. The first-order valence-corrected chi connectivity index (χ1v) is 9.10. The van der Waals surface area contributed by atoms with Crippen molar-refractivity contribution in [1.82, 2.24) is 5.32 Å². The largest absolute Gasteiger partial charge is 0.355 e. The van der Waals surface area contributed by atoms with Crippen molar-refractivity contribution in [2.75, 3.05) is 6.54 Å². The second-order valence-electron chi connectivity index (χ2n) is 6.88. The van der Waals surface area contributed by atoms with Crippen molar-refractivity contribution in [2.24, 2.45) is 0 Å². The highest BCUT2D eigenvalue weighted by Gasteiger charge is 2.15. The molecule has 3 heteroatoms. The minimum Gasteiger partial charge on any atom is -0.355 e. The molecule has 2 aromatic rings. The van der Waals surface area contributed by atoms with Gasteiger partial charge in [-0.05, 0) is 47.9 Å². The summed E-state index contributed by atoms with van der Waals surface area (Å²) in [5, 5.41) is 2.94. The molecule has 1 amide bonds. The van der Waals surface area contributed by atoms with Gasteiger partial charge in [0.15, 0.2) is 5.78 Å². The van der Waals surface area contributed by atoms with Gasteiger partial charge in [-0.2, -0.15) is 0 Å². The summed E-state index contributed by atoms with van der Waals surface area (Å²) in [5.74, 6) is 0.260. The van der Waals surface area contributed by atoms with E-state index in [-0.39, 0.29) is 30.4 Å². The van der Waals surface area contributed by atoms with E-state index < -0.39 is 0 Å². The van der Waals surface area contributed by atoms with Gasteiger partial charge < -0.3 is 5.32 Å². The maximum absolute atomic E-state index is 12.3. The number of ketones is 1. The molecular weight excluding hydrogens is 310 g/mol. The van der Waals surface area contributed by atoms with Crippen molar-refractivity contribution < 1.29 is 9.59 Å². The number of hydrogen-bond donors (Lipinski definition) is 1. The van der Waals surface area contributed by atoms with Gasteiger partial charge in [-0.1, -0.05) is 49.4 Å². The van der Waals surface area contributed by atoms with Gasteiger partial charge in [-0.15, -0.1) is 0 Å². The summed E-state index contributed by atoms with van der Waals surface area (Å²) in [5.41, 5.74) is 4.61. The second-order valence-corrected chi connectivity index (χ2v) is 6.88. The van der Waals surface area contributed by atoms with E-state index in [0.29, 0.717) is 6.54 Å². The first-order valence-electron chi connectivity index (χ1n) is 9.10. The molecule has 1 aliphatic rings. The molecule has 0 radical (unpaired) electrons. The molecule has 0 heterocycles. The Kier molecular flexibility index (Phi) is 5.64. The maximum atomic E-state index is 12.3. The lowest BCUT2D eigenvalue weighted by Gasteiger charge is -2.13. The smallest absolute Gasteiger partial charge is 0.220 e. The number of benzene rings is 2. The van der Waals surface area contributed by atoms with Crippen LogP contribution in [-0.4, -0.2) is 18.2 Å². The number of hydrogen-bond acceptors (Lipinski definition) is 2. The highest BCUT2D eigenvalue weighted by molar-refractivity contribution is 5.98. The van der Waals surface area contributed by atoms with Crippen LogP contribution in [-0.2, 0) is 17.6 Å². The van der Waals surface area contributed by atoms with E-state index >= 15 is 0 Å². The Morgan fingerprint density at radius 2 is 1.76 bits per heavy atom. The quantitative estimate of drug-likeness (QED) is 0.776. The molecule has 1 aliphatic carbocycles. The molecule has 1 unspecified atom stereocenters. The molecule has 1 atom stereocenters. The lowest BCUT2D eigenvalue weighted by molar-refractivity contribution is -0.121. The third kappa shape index (κ3) is 4.56. The molecule has 1 N–H and O–H groups in total. The van der Waals surface area contributed by atoms with Crippen molar-refractivity contribution in [3.63, 3.8) is 0 Å². The monoisotopic (exact) mass is 335 g/mol. The van der Waals surface area contributed by atoms with E-state index in [9.17, 15) is 9.59 Å². The molecule has 0 aliphatic heterocycles. The van der Waals surface area contributed by atoms with Crippen molar-refractivity contribution >= 4 is 11.7 Å². The number of rotatable bonds is 7. The van der Waals surface area contributed by atoms with Gasteiger partial charge in [0.2, 0.25) is 5.91 Å². The summed E-state index contributed by atoms with van der Waals surface area (Å²) >= 11 is 0. The van der Waals surface area contributed by atoms with E-state index in [1.807, 2.05) is 30.3 Å². The van der Waals surface area contributed by atoms with Crippen molar-refractivity contribution in [2.45, 2.75) is 44.9 Å². The van der Waals surface area contributed by atoms with Gasteiger partial charge in [0.05, 0.1) is 0 Å². The minimum atomic E-state index is -0.0581. The van der Waals surface area contributed by atoms with Crippen LogP contribution in [0.4, 0.5) is 0 Å². The molecule has 3 nitrogen and oxygen atoms in total. The average molecular weight is 335 g/mol. The lowest BCUT2D eigenvalue weighted by atomic mass is 10.0. The van der Waals surface area contributed by atoms with Crippen molar-refractivity contribution in [3.05, 3.63) is 70.8 Å². The van der Waals surface area contributed by atoms with Gasteiger partial charge in [-0.25, -0.2) is 0 Å². The normalized spacial score (nSPS) is 14.0. The lowest BCUT2D eigenvalue weighted by Crippen LogP contribution is -2.27. The molecule has 0 spiro atoms. The average Bonchev–Trinajstić information content (AvgIpc) is 3.12. The van der Waals surface area contributed by atoms with E-state index in [2.05, 4.69) is 30.4 Å². The zero-order chi connectivity index (χ0) is 17.6. The zero-order valence-corrected chi connectivity index (χ0v) is 14.8. The van der Waals surface area contributed by atoms with Crippen LogP contribution in [0.3, 0.4) is 0 Å². The molecule has 25 heavy (non-hydrogen) atoms. The van der Waals surface area contributed by atoms with Crippen LogP contribution in [0.1, 0.15) is 59.2 Å². The van der Waals surface area contributed by atoms with Crippen LogP contribution < -0.4 is 5.32 Å². The number of carbonyl (C=O) groups excluding carboxylic acids is 2. The fraction of sp³-hybridized carbons (Fsp3) is 0.364. The fourth-order valence-corrected chi connectivity index (χ4v) is 3.37. The predicted molar refractivity (Wildman–Crippen MR) is 99.9 cm³/mol. The number of carbonyl (C=O) groups is 2. The van der Waals surface area contributed by atoms with Gasteiger partial charge in [0.25, 0.3) is 0 Å². The van der Waals surface area contributed by atoms with Gasteiger partial charge >= 0.3 is 0 Å². The molecule has 0 saturated carbocycles. The van der Waals surface area contributed by atoms with Crippen LogP contribution in [0.2, 0.25) is 0 Å². The predicted octanol–water partition coefficient (Wildman–Crippen LogP) is 4.06. The van der Waals surface area contributed by atoms with Crippen LogP contribution >= 0.6 is 0 Å². The number of nitrogens with one attached hydrogen (secondary N) is 1. The zero-order valence-electron chi connectivity index (χ0n) is 14.8. The van der Waals surface area contributed by atoms with E-state index in [0.717, 1.165) is 18.4 Å². The van der Waals surface area contributed by atoms with E-state index in [1.54, 1.807) is 0 Å². The number of fused-ring (bicyclic) bond motifs is 1.